The van der Waals surface area contributed by atoms with Crippen LogP contribution in [0.25, 0.3) is 0 Å². The van der Waals surface area contributed by atoms with Crippen LogP contribution >= 0.6 is 0 Å². The van der Waals surface area contributed by atoms with Crippen LogP contribution < -0.4 is 14.2 Å². The van der Waals surface area contributed by atoms with Crippen LogP contribution in [0, 0.1) is 29.9 Å². The Hall–Kier alpha value is -4.19. The molecule has 0 atom stereocenters. The van der Waals surface area contributed by atoms with Crippen molar-refractivity contribution >= 4 is 5.91 Å². The van der Waals surface area contributed by atoms with E-state index in [0.29, 0.717) is 5.56 Å². The minimum Gasteiger partial charge on any atom is -0.493 e. The average Bonchev–Trinajstić information content (AvgIpc) is 2.80. The van der Waals surface area contributed by atoms with Crippen LogP contribution in [0.2, 0.25) is 0 Å². The van der Waals surface area contributed by atoms with E-state index in [1.807, 2.05) is 6.07 Å². The lowest BCUT2D eigenvalue weighted by atomic mass is 10.2. The highest BCUT2D eigenvalue weighted by Crippen LogP contribution is 2.36. The highest BCUT2D eigenvalue weighted by atomic mass is 19.1. The summed E-state index contributed by atoms with van der Waals surface area (Å²) in [6, 6.07) is 12.3. The number of aromatic nitrogens is 1. The molecule has 32 heavy (non-hydrogen) atoms. The molecule has 0 unspecified atom stereocenters. The average molecular weight is 439 g/mol. The first-order valence-electron chi connectivity index (χ1n) is 9.36. The van der Waals surface area contributed by atoms with Gasteiger partial charge in [-0.3, -0.25) is 4.79 Å². The van der Waals surface area contributed by atoms with E-state index < -0.39 is 23.4 Å². The molecule has 164 valence electrons. The maximum Gasteiger partial charge on any atom is 0.259 e. The van der Waals surface area contributed by atoms with Gasteiger partial charge in [-0.05, 0) is 37.3 Å². The number of methoxy groups -OCH3 is 1. The van der Waals surface area contributed by atoms with E-state index in [1.54, 1.807) is 26.2 Å². The SMILES string of the molecule is COc1ccc(C#N)cc1Oc1nc(Oc2cccc(C(=O)N(C)C)c2)c(F)c(C)c1F. The molecule has 1 amide bonds. The van der Waals surface area contributed by atoms with Crippen LogP contribution in [0.1, 0.15) is 21.5 Å². The smallest absolute Gasteiger partial charge is 0.259 e. The molecular formula is C23H19F2N3O4. The van der Waals surface area contributed by atoms with Gasteiger partial charge >= 0.3 is 0 Å². The summed E-state index contributed by atoms with van der Waals surface area (Å²) in [5.74, 6) is -3.04. The molecule has 0 aliphatic carbocycles. The number of hydrogen-bond donors (Lipinski definition) is 0. The molecule has 1 aromatic heterocycles. The quantitative estimate of drug-likeness (QED) is 0.547. The number of benzene rings is 2. The Morgan fingerprint density at radius 1 is 1.03 bits per heavy atom. The van der Waals surface area contributed by atoms with Gasteiger partial charge in [-0.2, -0.15) is 10.2 Å². The van der Waals surface area contributed by atoms with Crippen molar-refractivity contribution in [3.05, 3.63) is 70.8 Å². The van der Waals surface area contributed by atoms with Crippen molar-refractivity contribution in [2.75, 3.05) is 21.2 Å². The van der Waals surface area contributed by atoms with E-state index in [1.165, 1.54) is 49.3 Å². The zero-order valence-corrected chi connectivity index (χ0v) is 17.8. The van der Waals surface area contributed by atoms with Crippen molar-refractivity contribution in [3.63, 3.8) is 0 Å². The summed E-state index contributed by atoms with van der Waals surface area (Å²) in [4.78, 5) is 17.4. The lowest BCUT2D eigenvalue weighted by molar-refractivity contribution is 0.0827. The van der Waals surface area contributed by atoms with Gasteiger partial charge in [0.25, 0.3) is 17.7 Å². The molecule has 0 bridgehead atoms. The van der Waals surface area contributed by atoms with E-state index in [4.69, 9.17) is 19.5 Å². The fourth-order valence-corrected chi connectivity index (χ4v) is 2.74. The Balaban J connectivity index is 2.00. The summed E-state index contributed by atoms with van der Waals surface area (Å²) in [5, 5.41) is 9.10. The Labute approximate surface area is 183 Å². The van der Waals surface area contributed by atoms with Gasteiger partial charge in [-0.15, -0.1) is 0 Å². The van der Waals surface area contributed by atoms with Crippen LogP contribution in [0.3, 0.4) is 0 Å². The van der Waals surface area contributed by atoms with Gasteiger partial charge < -0.3 is 19.1 Å². The number of pyridine rings is 1. The fourth-order valence-electron chi connectivity index (χ4n) is 2.74. The number of hydrogen-bond acceptors (Lipinski definition) is 6. The largest absolute Gasteiger partial charge is 0.493 e. The molecule has 0 aliphatic rings. The molecule has 3 aromatic rings. The highest BCUT2D eigenvalue weighted by molar-refractivity contribution is 5.94. The van der Waals surface area contributed by atoms with E-state index in [0.717, 1.165) is 0 Å². The zero-order chi connectivity index (χ0) is 23.4. The summed E-state index contributed by atoms with van der Waals surface area (Å²) in [7, 11) is 4.57. The third-order valence-electron chi connectivity index (χ3n) is 4.44. The van der Waals surface area contributed by atoms with Crippen molar-refractivity contribution < 1.29 is 27.8 Å². The molecule has 0 fully saturated rings. The van der Waals surface area contributed by atoms with E-state index in [2.05, 4.69) is 4.98 Å². The van der Waals surface area contributed by atoms with Crippen LogP contribution in [0.4, 0.5) is 8.78 Å². The zero-order valence-electron chi connectivity index (χ0n) is 17.8. The number of nitriles is 1. The molecule has 7 nitrogen and oxygen atoms in total. The molecule has 0 saturated carbocycles. The third-order valence-corrected chi connectivity index (χ3v) is 4.44. The Bertz CT molecular complexity index is 1220. The first kappa shape index (κ1) is 22.5. The van der Waals surface area contributed by atoms with Crippen molar-refractivity contribution in [3.8, 4) is 35.1 Å². The number of carbonyl (C=O) groups excluding carboxylic acids is 1. The summed E-state index contributed by atoms with van der Waals surface area (Å²) in [5.41, 5.74) is 0.195. The number of ether oxygens (including phenoxy) is 3. The van der Waals surface area contributed by atoms with E-state index in [9.17, 15) is 13.6 Å². The second kappa shape index (κ2) is 9.31. The Morgan fingerprint density at radius 2 is 1.72 bits per heavy atom. The Morgan fingerprint density at radius 3 is 2.34 bits per heavy atom. The minimum atomic E-state index is -1.03. The normalized spacial score (nSPS) is 10.3. The monoisotopic (exact) mass is 439 g/mol. The maximum absolute atomic E-state index is 14.7. The topological polar surface area (TPSA) is 84.7 Å². The summed E-state index contributed by atoms with van der Waals surface area (Å²) >= 11 is 0. The van der Waals surface area contributed by atoms with Crippen LogP contribution in [-0.2, 0) is 0 Å². The molecule has 2 aromatic carbocycles. The maximum atomic E-state index is 14.7. The lowest BCUT2D eigenvalue weighted by Crippen LogP contribution is -2.21. The van der Waals surface area contributed by atoms with Crippen molar-refractivity contribution in [1.82, 2.24) is 9.88 Å². The molecule has 0 saturated heterocycles. The van der Waals surface area contributed by atoms with Gasteiger partial charge in [-0.25, -0.2) is 8.78 Å². The summed E-state index contributed by atoms with van der Waals surface area (Å²) < 4.78 is 45.6. The Kier molecular flexibility index (Phi) is 6.54. The molecule has 3 rings (SSSR count). The molecular weight excluding hydrogens is 420 g/mol. The van der Waals surface area contributed by atoms with Crippen molar-refractivity contribution in [1.29, 1.82) is 5.26 Å². The molecule has 0 N–H and O–H groups in total. The van der Waals surface area contributed by atoms with Crippen molar-refractivity contribution in [2.24, 2.45) is 0 Å². The van der Waals surface area contributed by atoms with Gasteiger partial charge in [0.05, 0.1) is 18.7 Å². The number of halogens is 2. The van der Waals surface area contributed by atoms with Crippen LogP contribution in [0.15, 0.2) is 42.5 Å². The molecule has 1 heterocycles. The van der Waals surface area contributed by atoms with Gasteiger partial charge in [-0.1, -0.05) is 6.07 Å². The predicted molar refractivity (Wildman–Crippen MR) is 111 cm³/mol. The van der Waals surface area contributed by atoms with E-state index in [-0.39, 0.29) is 34.3 Å². The van der Waals surface area contributed by atoms with Gasteiger partial charge in [0, 0.05) is 31.3 Å². The number of carbonyl (C=O) groups is 1. The molecule has 0 spiro atoms. The van der Waals surface area contributed by atoms with Gasteiger partial charge in [0.2, 0.25) is 0 Å². The molecule has 0 radical (unpaired) electrons. The van der Waals surface area contributed by atoms with E-state index >= 15 is 0 Å². The number of rotatable bonds is 6. The summed E-state index contributed by atoms with van der Waals surface area (Å²) in [6.07, 6.45) is 0. The second-order valence-electron chi connectivity index (χ2n) is 6.88. The van der Waals surface area contributed by atoms with Gasteiger partial charge in [0.1, 0.15) is 5.75 Å². The number of nitrogens with zero attached hydrogens (tertiary/aromatic N) is 3. The van der Waals surface area contributed by atoms with Crippen LogP contribution in [0.5, 0.6) is 29.0 Å². The minimum absolute atomic E-state index is 0.0217. The first-order chi connectivity index (χ1) is 15.2. The second-order valence-corrected chi connectivity index (χ2v) is 6.88. The lowest BCUT2D eigenvalue weighted by Gasteiger charge is -2.14. The third kappa shape index (κ3) is 4.59. The summed E-state index contributed by atoms with van der Waals surface area (Å²) in [6.45, 7) is 1.21. The highest BCUT2D eigenvalue weighted by Gasteiger charge is 2.22. The molecule has 9 heteroatoms. The van der Waals surface area contributed by atoms with Crippen molar-refractivity contribution in [2.45, 2.75) is 6.92 Å². The van der Waals surface area contributed by atoms with Crippen LogP contribution in [-0.4, -0.2) is 37.0 Å². The van der Waals surface area contributed by atoms with Gasteiger partial charge in [0.15, 0.2) is 23.1 Å². The standard InChI is InChI=1S/C23H19F2N3O4/c1-13-19(24)21(31-16-7-5-6-15(11-16)23(29)28(2)3)27-22(20(13)25)32-18-10-14(12-26)8-9-17(18)30-4/h5-11H,1-4H3. The predicted octanol–water partition coefficient (Wildman–Crippen LogP) is 4.83. The first-order valence-corrected chi connectivity index (χ1v) is 9.36. The number of amides is 1. The molecule has 0 aliphatic heterocycles. The fraction of sp³-hybridized carbons (Fsp3) is 0.174.